The Labute approximate surface area is 305 Å². The first kappa shape index (κ1) is 42.8. The van der Waals surface area contributed by atoms with Gasteiger partial charge in [-0.05, 0) is 41.5 Å². The number of carbonyl (C=O) groups is 9. The molecule has 0 aliphatic carbocycles. The minimum absolute atomic E-state index is 0.0862. The normalized spacial score (nSPS) is 20.1. The van der Waals surface area contributed by atoms with E-state index >= 15 is 0 Å². The van der Waals surface area contributed by atoms with Crippen molar-refractivity contribution >= 4 is 88.0 Å². The third-order valence-electron chi connectivity index (χ3n) is 8.50. The molecule has 0 aromatic heterocycles. The second kappa shape index (κ2) is 19.3. The maximum atomic E-state index is 12.3. The lowest BCUT2D eigenvalue weighted by Gasteiger charge is -2.46. The third-order valence-corrected chi connectivity index (χ3v) is 9.23. The van der Waals surface area contributed by atoms with Crippen molar-refractivity contribution in [3.05, 3.63) is 0 Å². The summed E-state index contributed by atoms with van der Waals surface area (Å²) in [7, 11) is 0. The molecule has 0 aromatic carbocycles. The summed E-state index contributed by atoms with van der Waals surface area (Å²) in [6.45, 7) is 9.92. The molecule has 3 aliphatic rings. The summed E-state index contributed by atoms with van der Waals surface area (Å²) in [4.78, 5) is 114. The van der Waals surface area contributed by atoms with E-state index in [1.165, 1.54) is 0 Å². The monoisotopic (exact) mass is 766 g/mol. The molecule has 0 aromatic rings. The van der Waals surface area contributed by atoms with Gasteiger partial charge < -0.3 is 16.0 Å². The van der Waals surface area contributed by atoms with E-state index in [4.69, 9.17) is 34.8 Å². The molecule has 20 heteroatoms. The van der Waals surface area contributed by atoms with Crippen LogP contribution < -0.4 is 16.0 Å². The van der Waals surface area contributed by atoms with Crippen LogP contribution in [0.25, 0.3) is 0 Å². The van der Waals surface area contributed by atoms with Crippen LogP contribution in [0.5, 0.6) is 0 Å². The largest absolute Gasteiger partial charge is 0.340 e. The maximum Gasteiger partial charge on any atom is 0.236 e. The van der Waals surface area contributed by atoms with Gasteiger partial charge in [0, 0.05) is 38.5 Å². The molecule has 0 bridgehead atoms. The molecular weight excluding hydrogens is 723 g/mol. The highest BCUT2D eigenvalue weighted by Crippen LogP contribution is 2.28. The van der Waals surface area contributed by atoms with Gasteiger partial charge in [-0.25, -0.2) is 9.80 Å². The van der Waals surface area contributed by atoms with Gasteiger partial charge >= 0.3 is 0 Å². The van der Waals surface area contributed by atoms with Gasteiger partial charge in [0.05, 0.1) is 37.0 Å². The quantitative estimate of drug-likeness (QED) is 0.116. The van der Waals surface area contributed by atoms with Crippen molar-refractivity contribution in [3.8, 4) is 0 Å². The first-order chi connectivity index (χ1) is 23.4. The van der Waals surface area contributed by atoms with Crippen LogP contribution in [-0.4, -0.2) is 132 Å². The Hall–Kier alpha value is -3.38. The summed E-state index contributed by atoms with van der Waals surface area (Å²) in [5, 5.41) is 7.98. The van der Waals surface area contributed by atoms with Crippen molar-refractivity contribution in [2.45, 2.75) is 117 Å². The van der Waals surface area contributed by atoms with Crippen LogP contribution in [-0.2, 0) is 43.2 Å². The summed E-state index contributed by atoms with van der Waals surface area (Å²) in [5.41, 5.74) is 0. The molecule has 0 radical (unpaired) electrons. The maximum absolute atomic E-state index is 12.3. The predicted molar refractivity (Wildman–Crippen MR) is 180 cm³/mol. The van der Waals surface area contributed by atoms with Crippen LogP contribution in [0, 0.1) is 0 Å². The van der Waals surface area contributed by atoms with Gasteiger partial charge in [0.15, 0.2) is 0 Å². The summed E-state index contributed by atoms with van der Waals surface area (Å²) in [5.74, 6) is -3.85. The molecular formula is C30H45Cl3N8O9. The van der Waals surface area contributed by atoms with Crippen LogP contribution >= 0.6 is 34.8 Å². The topological polar surface area (TPSA) is 206 Å². The fourth-order valence-electron chi connectivity index (χ4n) is 6.41. The Morgan fingerprint density at radius 2 is 0.680 bits per heavy atom. The molecule has 17 nitrogen and oxygen atoms in total. The van der Waals surface area contributed by atoms with Gasteiger partial charge in [-0.1, -0.05) is 0 Å². The number of rotatable bonds is 15. The molecule has 3 N–H and O–H groups in total. The lowest BCUT2D eigenvalue weighted by Crippen LogP contribution is -2.64. The molecule has 280 valence electrons. The molecule has 6 unspecified atom stereocenters. The van der Waals surface area contributed by atoms with E-state index in [0.717, 1.165) is 14.7 Å². The van der Waals surface area contributed by atoms with Crippen LogP contribution in [0.3, 0.4) is 0 Å². The number of hydrogen-bond donors (Lipinski definition) is 3. The highest BCUT2D eigenvalue weighted by molar-refractivity contribution is 6.28. The van der Waals surface area contributed by atoms with E-state index in [0.29, 0.717) is 0 Å². The van der Waals surface area contributed by atoms with E-state index in [2.05, 4.69) is 16.0 Å². The third kappa shape index (κ3) is 10.6. The zero-order valence-corrected chi connectivity index (χ0v) is 31.1. The average molecular weight is 768 g/mol. The number of imide groups is 3. The average Bonchev–Trinajstić information content (AvgIpc) is 3.70. The minimum Gasteiger partial charge on any atom is -0.340 e. The number of nitrogens with zero attached hydrogens (tertiary/aromatic N) is 5. The van der Waals surface area contributed by atoms with Crippen molar-refractivity contribution in [1.29, 1.82) is 0 Å². The van der Waals surface area contributed by atoms with Crippen LogP contribution in [0.4, 0.5) is 0 Å². The molecule has 3 heterocycles. The highest BCUT2D eigenvalue weighted by atomic mass is 35.5. The lowest BCUT2D eigenvalue weighted by molar-refractivity contribution is -0.164. The zero-order chi connectivity index (χ0) is 38.0. The second-order valence-corrected chi connectivity index (χ2v) is 12.7. The van der Waals surface area contributed by atoms with Gasteiger partial charge in [-0.2, -0.15) is 0 Å². The highest BCUT2D eigenvalue weighted by Gasteiger charge is 2.47. The van der Waals surface area contributed by atoms with E-state index < -0.39 is 37.0 Å². The first-order valence-corrected chi connectivity index (χ1v) is 17.7. The van der Waals surface area contributed by atoms with Crippen molar-refractivity contribution in [3.63, 3.8) is 0 Å². The summed E-state index contributed by atoms with van der Waals surface area (Å²) in [6.07, 6.45) is -3.49. The molecule has 9 amide bonds. The Kier molecular flexibility index (Phi) is 16.5. The van der Waals surface area contributed by atoms with Crippen LogP contribution in [0.2, 0.25) is 0 Å². The molecule has 3 rings (SSSR count). The molecule has 3 aliphatic heterocycles. The van der Waals surface area contributed by atoms with E-state index in [1.54, 1.807) is 51.3 Å². The fourth-order valence-corrected chi connectivity index (χ4v) is 6.64. The summed E-state index contributed by atoms with van der Waals surface area (Å²) in [6, 6.07) is 0. The molecule has 0 saturated carbocycles. The van der Waals surface area contributed by atoms with E-state index in [1.807, 2.05) is 0 Å². The smallest absolute Gasteiger partial charge is 0.236 e. The minimum atomic E-state index is -0.838. The number of carbonyl (C=O) groups excluding carboxylic acids is 9. The first-order valence-electron chi connectivity index (χ1n) is 16.1. The van der Waals surface area contributed by atoms with Crippen molar-refractivity contribution in [1.82, 2.24) is 40.4 Å². The van der Waals surface area contributed by atoms with Crippen molar-refractivity contribution in [2.24, 2.45) is 0 Å². The predicted octanol–water partition coefficient (Wildman–Crippen LogP) is 0.165. The van der Waals surface area contributed by atoms with Crippen LogP contribution in [0.15, 0.2) is 0 Å². The summed E-state index contributed by atoms with van der Waals surface area (Å²) >= 11 is 16.4. The van der Waals surface area contributed by atoms with Gasteiger partial charge in [-0.3, -0.25) is 57.9 Å². The van der Waals surface area contributed by atoms with Gasteiger partial charge in [0.1, 0.15) is 17.6 Å². The van der Waals surface area contributed by atoms with Gasteiger partial charge in [0.25, 0.3) is 0 Å². The number of nitrogens with one attached hydrogen (secondary N) is 3. The van der Waals surface area contributed by atoms with Crippen LogP contribution in [0.1, 0.15) is 80.1 Å². The molecule has 3 fully saturated rings. The number of alkyl halides is 3. The lowest BCUT2D eigenvalue weighted by atomic mass is 10.2. The zero-order valence-electron chi connectivity index (χ0n) is 28.9. The Morgan fingerprint density at radius 1 is 0.480 bits per heavy atom. The van der Waals surface area contributed by atoms with Crippen molar-refractivity contribution in [2.75, 3.05) is 17.6 Å². The molecule has 3 saturated heterocycles. The Balaban J connectivity index is 0.000000359. The number of hydrogen-bond acceptors (Lipinski definition) is 11. The molecule has 0 spiro atoms. The number of likely N-dealkylation sites (tertiary alicyclic amines) is 3. The SMILES string of the molecule is CC(N1C(=O)CCC1=O)N(C(C)N1C(=O)CCC1=O)C(C)N1C(=O)CCC1=O.CC(NC(=O)CCl)N(C(C)NC(=O)CCl)C(C)NC(=O)CCl. The number of amides is 9. The standard InChI is InChI=1S/C18H24N4O6.C12H21Cl3N4O3/c1-10(20-13(23)4-5-14(20)24)19(11(2)21-15(25)6-7-16(21)26)12(3)22-17(27)8-9-18(22)28;1-7(16-10(20)4-13)19(8(2)17-11(21)5-14)9(3)18-12(22)6-15/h10-12H,4-9H2,1-3H3;7-9H,4-6H2,1-3H3,(H,16,20)(H,17,21)(H,18,22). The van der Waals surface area contributed by atoms with E-state index in [9.17, 15) is 43.2 Å². The fraction of sp³-hybridized carbons (Fsp3) is 0.700. The summed E-state index contributed by atoms with van der Waals surface area (Å²) < 4.78 is 0. The Morgan fingerprint density at radius 3 is 0.860 bits per heavy atom. The molecule has 6 atom stereocenters. The van der Waals surface area contributed by atoms with Gasteiger partial charge in [-0.15, -0.1) is 34.8 Å². The van der Waals surface area contributed by atoms with E-state index in [-0.39, 0.29) is 109 Å². The Bertz CT molecular complexity index is 1150. The molecule has 50 heavy (non-hydrogen) atoms. The van der Waals surface area contributed by atoms with Gasteiger partial charge in [0.2, 0.25) is 53.2 Å². The number of halogens is 3. The van der Waals surface area contributed by atoms with Crippen molar-refractivity contribution < 1.29 is 43.2 Å². The second-order valence-electron chi connectivity index (χ2n) is 11.9.